The van der Waals surface area contributed by atoms with Crippen molar-refractivity contribution in [1.82, 2.24) is 0 Å². The van der Waals surface area contributed by atoms with E-state index in [-0.39, 0.29) is 17.0 Å². The molecule has 8 atom stereocenters. The van der Waals surface area contributed by atoms with E-state index < -0.39 is 0 Å². The molecule has 2 aliphatic carbocycles. The number of hydrogen-bond acceptors (Lipinski definition) is 3. The molecule has 0 aromatic heterocycles. The van der Waals surface area contributed by atoms with Gasteiger partial charge in [0.1, 0.15) is 0 Å². The molecule has 3 fully saturated rings. The Kier molecular flexibility index (Phi) is 5.68. The second-order valence-corrected chi connectivity index (χ2v) is 10.7. The van der Waals surface area contributed by atoms with Gasteiger partial charge in [-0.15, -0.1) is 0 Å². The van der Waals surface area contributed by atoms with Crippen molar-refractivity contribution in [3.05, 3.63) is 12.2 Å². The second-order valence-electron chi connectivity index (χ2n) is 10.7. The lowest BCUT2D eigenvalue weighted by Gasteiger charge is -2.55. The van der Waals surface area contributed by atoms with Gasteiger partial charge in [-0.3, -0.25) is 4.79 Å². The van der Waals surface area contributed by atoms with Crippen LogP contribution in [0, 0.1) is 35.0 Å². The summed E-state index contributed by atoms with van der Waals surface area (Å²) < 4.78 is 11.8. The first kappa shape index (κ1) is 20.4. The third-order valence-electron chi connectivity index (χ3n) is 9.06. The Bertz CT molecular complexity index is 613. The maximum Gasteiger partial charge on any atom is 0.305 e. The van der Waals surface area contributed by atoms with Crippen LogP contribution < -0.4 is 0 Å². The first-order valence-corrected chi connectivity index (χ1v) is 11.8. The highest BCUT2D eigenvalue weighted by molar-refractivity contribution is 5.69. The fraction of sp³-hybridized carbons (Fsp3) is 0.880. The van der Waals surface area contributed by atoms with E-state index in [1.807, 2.05) is 0 Å². The van der Waals surface area contributed by atoms with Crippen LogP contribution in [0.5, 0.6) is 0 Å². The average molecular weight is 389 g/mol. The van der Waals surface area contributed by atoms with Gasteiger partial charge in [-0.25, -0.2) is 0 Å². The van der Waals surface area contributed by atoms with E-state index in [1.54, 1.807) is 0 Å². The standard InChI is InChI=1S/C25H40O3/c1-17-7-9-22-21-11-10-20(18(2)8-12-23(26)27-4)24(21,3)14-15-25(22)13-5-6-19(16-17)28-25/h14-15,17-22H,5-13,16H2,1-4H3/t17-,18-,19-,20+,21-,22+,24+,25-/m1/s1. The molecule has 0 amide bonds. The minimum absolute atomic E-state index is 0.0113. The van der Waals surface area contributed by atoms with Gasteiger partial charge in [-0.05, 0) is 86.4 Å². The molecule has 4 rings (SSSR count). The minimum atomic E-state index is -0.0691. The normalized spacial score (nSPS) is 46.1. The molecular formula is C25H40O3. The number of allylic oxidation sites excluding steroid dienone is 1. The molecule has 2 bridgehead atoms. The summed E-state index contributed by atoms with van der Waals surface area (Å²) in [7, 11) is 1.50. The SMILES string of the molecule is COC(=O)CC[C@@H](C)[C@@H]1CC[C@@H]2[C@@H]3CC[C@@H](C)C[C@H]4CCC[C@]3(C=C[C@]21C)O4. The first-order chi connectivity index (χ1) is 13.4. The van der Waals surface area contributed by atoms with Crippen molar-refractivity contribution in [3.8, 4) is 0 Å². The topological polar surface area (TPSA) is 35.5 Å². The molecule has 158 valence electrons. The Balaban J connectivity index is 1.57. The number of esters is 1. The molecule has 28 heavy (non-hydrogen) atoms. The molecule has 2 aliphatic heterocycles. The third kappa shape index (κ3) is 3.46. The number of methoxy groups -OCH3 is 1. The van der Waals surface area contributed by atoms with Crippen molar-refractivity contribution in [3.63, 3.8) is 0 Å². The molecule has 1 spiro atoms. The summed E-state index contributed by atoms with van der Waals surface area (Å²) in [5, 5.41) is 0. The van der Waals surface area contributed by atoms with Crippen molar-refractivity contribution in [1.29, 1.82) is 0 Å². The lowest BCUT2D eigenvalue weighted by atomic mass is 9.56. The number of carbonyl (C=O) groups excluding carboxylic acids is 1. The maximum absolute atomic E-state index is 11.6. The van der Waals surface area contributed by atoms with Crippen molar-refractivity contribution in [2.75, 3.05) is 7.11 Å². The van der Waals surface area contributed by atoms with Crippen LogP contribution in [-0.4, -0.2) is 24.8 Å². The molecule has 3 nitrogen and oxygen atoms in total. The second kappa shape index (κ2) is 7.78. The van der Waals surface area contributed by atoms with Gasteiger partial charge in [0.05, 0.1) is 18.8 Å². The van der Waals surface area contributed by atoms with E-state index in [4.69, 9.17) is 9.47 Å². The smallest absolute Gasteiger partial charge is 0.305 e. The first-order valence-electron chi connectivity index (χ1n) is 11.8. The van der Waals surface area contributed by atoms with E-state index in [0.717, 1.165) is 18.3 Å². The highest BCUT2D eigenvalue weighted by Gasteiger charge is 2.58. The summed E-state index contributed by atoms with van der Waals surface area (Å²) >= 11 is 0. The quantitative estimate of drug-likeness (QED) is 0.443. The average Bonchev–Trinajstić information content (AvgIpc) is 3.02. The van der Waals surface area contributed by atoms with Gasteiger partial charge in [0.25, 0.3) is 0 Å². The van der Waals surface area contributed by atoms with Crippen LogP contribution in [-0.2, 0) is 14.3 Å². The summed E-state index contributed by atoms with van der Waals surface area (Å²) in [4.78, 5) is 11.6. The van der Waals surface area contributed by atoms with Crippen molar-refractivity contribution >= 4 is 5.97 Å². The molecular weight excluding hydrogens is 348 g/mol. The summed E-state index contributed by atoms with van der Waals surface area (Å²) in [5.74, 6) is 3.34. The van der Waals surface area contributed by atoms with E-state index in [9.17, 15) is 4.79 Å². The fourth-order valence-corrected chi connectivity index (χ4v) is 7.54. The predicted molar refractivity (Wildman–Crippen MR) is 112 cm³/mol. The van der Waals surface area contributed by atoms with Gasteiger partial charge in [0, 0.05) is 6.42 Å². The van der Waals surface area contributed by atoms with Crippen LogP contribution in [0.4, 0.5) is 0 Å². The van der Waals surface area contributed by atoms with Gasteiger partial charge >= 0.3 is 5.97 Å². The molecule has 0 radical (unpaired) electrons. The zero-order valence-corrected chi connectivity index (χ0v) is 18.4. The Hall–Kier alpha value is -0.830. The van der Waals surface area contributed by atoms with Gasteiger partial charge in [-0.1, -0.05) is 39.3 Å². The molecule has 0 aromatic rings. The van der Waals surface area contributed by atoms with Crippen molar-refractivity contribution in [2.24, 2.45) is 35.0 Å². The molecule has 0 N–H and O–H groups in total. The lowest BCUT2D eigenvalue weighted by Crippen LogP contribution is -2.54. The Labute approximate surface area is 171 Å². The highest BCUT2D eigenvalue weighted by atomic mass is 16.5. The van der Waals surface area contributed by atoms with Crippen LogP contribution in [0.2, 0.25) is 0 Å². The van der Waals surface area contributed by atoms with Gasteiger partial charge in [-0.2, -0.15) is 0 Å². The molecule has 3 heteroatoms. The van der Waals surface area contributed by atoms with Crippen LogP contribution in [0.15, 0.2) is 12.2 Å². The van der Waals surface area contributed by atoms with E-state index in [0.29, 0.717) is 30.3 Å². The van der Waals surface area contributed by atoms with Gasteiger partial charge in [0.2, 0.25) is 0 Å². The predicted octanol–water partition coefficient (Wildman–Crippen LogP) is 5.92. The van der Waals surface area contributed by atoms with Crippen molar-refractivity contribution < 1.29 is 14.3 Å². The largest absolute Gasteiger partial charge is 0.469 e. The van der Waals surface area contributed by atoms with E-state index >= 15 is 0 Å². The molecule has 0 aromatic carbocycles. The number of fused-ring (bicyclic) bond motifs is 3. The van der Waals surface area contributed by atoms with E-state index in [1.165, 1.54) is 58.5 Å². The van der Waals surface area contributed by atoms with Crippen LogP contribution in [0.25, 0.3) is 0 Å². The fourth-order valence-electron chi connectivity index (χ4n) is 7.54. The molecule has 2 heterocycles. The Morgan fingerprint density at radius 2 is 1.96 bits per heavy atom. The number of rotatable bonds is 4. The number of hydrogen-bond donors (Lipinski definition) is 0. The van der Waals surface area contributed by atoms with Crippen molar-refractivity contribution in [2.45, 2.75) is 96.7 Å². The zero-order valence-electron chi connectivity index (χ0n) is 18.4. The minimum Gasteiger partial charge on any atom is -0.469 e. The zero-order chi connectivity index (χ0) is 19.9. The van der Waals surface area contributed by atoms with Gasteiger partial charge in [0.15, 0.2) is 0 Å². The van der Waals surface area contributed by atoms with Crippen LogP contribution >= 0.6 is 0 Å². The van der Waals surface area contributed by atoms with Gasteiger partial charge < -0.3 is 9.47 Å². The Morgan fingerprint density at radius 3 is 2.75 bits per heavy atom. The molecule has 4 aliphatic rings. The van der Waals surface area contributed by atoms with Crippen LogP contribution in [0.3, 0.4) is 0 Å². The van der Waals surface area contributed by atoms with E-state index in [2.05, 4.69) is 32.9 Å². The maximum atomic E-state index is 11.6. The molecule has 2 saturated heterocycles. The highest BCUT2D eigenvalue weighted by Crippen LogP contribution is 2.62. The third-order valence-corrected chi connectivity index (χ3v) is 9.06. The summed E-state index contributed by atoms with van der Waals surface area (Å²) in [5.41, 5.74) is 0.265. The Morgan fingerprint density at radius 1 is 1.18 bits per heavy atom. The number of carbonyl (C=O) groups is 1. The van der Waals surface area contributed by atoms with Crippen LogP contribution in [0.1, 0.15) is 85.0 Å². The summed E-state index contributed by atoms with van der Waals surface area (Å²) in [6.45, 7) is 7.29. The molecule has 0 unspecified atom stereocenters. The monoisotopic (exact) mass is 388 g/mol. The summed E-state index contributed by atoms with van der Waals surface area (Å²) in [6, 6.07) is 0. The lowest BCUT2D eigenvalue weighted by molar-refractivity contribution is -0.170. The summed E-state index contributed by atoms with van der Waals surface area (Å²) in [6.07, 6.45) is 17.4. The number of ether oxygens (including phenoxy) is 2. The molecule has 1 saturated carbocycles.